The summed E-state index contributed by atoms with van der Waals surface area (Å²) in [5.41, 5.74) is 2.81. The van der Waals surface area contributed by atoms with E-state index in [-0.39, 0.29) is 0 Å². The predicted molar refractivity (Wildman–Crippen MR) is 88.4 cm³/mol. The van der Waals surface area contributed by atoms with E-state index in [1.807, 2.05) is 0 Å². The highest BCUT2D eigenvalue weighted by Gasteiger charge is 2.08. The first-order valence-electron chi connectivity index (χ1n) is 7.07. The second-order valence-corrected chi connectivity index (χ2v) is 5.91. The van der Waals surface area contributed by atoms with E-state index < -0.39 is 0 Å². The van der Waals surface area contributed by atoms with Crippen molar-refractivity contribution in [3.8, 4) is 0 Å². The third-order valence-electron chi connectivity index (χ3n) is 3.73. The fourth-order valence-corrected chi connectivity index (χ4v) is 3.31. The summed E-state index contributed by atoms with van der Waals surface area (Å²) in [4.78, 5) is 0. The molecule has 0 radical (unpaired) electrons. The van der Waals surface area contributed by atoms with Crippen molar-refractivity contribution in [1.82, 2.24) is 5.32 Å². The maximum atomic E-state index is 3.63. The Morgan fingerprint density at radius 1 is 1.05 bits per heavy atom. The molecule has 3 aromatic rings. The van der Waals surface area contributed by atoms with Crippen molar-refractivity contribution < 1.29 is 0 Å². The van der Waals surface area contributed by atoms with E-state index in [1.165, 1.54) is 21.9 Å². The molecule has 3 rings (SSSR count). The molecule has 0 amide bonds. The first-order chi connectivity index (χ1) is 9.84. The lowest BCUT2D eigenvalue weighted by Gasteiger charge is -2.16. The third kappa shape index (κ3) is 2.92. The molecule has 0 fully saturated rings. The van der Waals surface area contributed by atoms with Gasteiger partial charge in [-0.1, -0.05) is 42.5 Å². The van der Waals surface area contributed by atoms with E-state index in [9.17, 15) is 0 Å². The second kappa shape index (κ2) is 6.21. The average Bonchev–Trinajstić information content (AvgIpc) is 3.00. The first kappa shape index (κ1) is 13.3. The molecule has 0 aliphatic rings. The van der Waals surface area contributed by atoms with Crippen molar-refractivity contribution in [1.29, 1.82) is 0 Å². The molecule has 0 aliphatic carbocycles. The highest BCUT2D eigenvalue weighted by Crippen LogP contribution is 2.23. The molecular weight excluding hydrogens is 262 g/mol. The molecule has 0 saturated carbocycles. The normalized spacial score (nSPS) is 12.7. The van der Waals surface area contributed by atoms with Gasteiger partial charge in [-0.15, -0.1) is 0 Å². The Hall–Kier alpha value is -1.64. The number of thiophene rings is 1. The Labute approximate surface area is 124 Å². The molecule has 1 N–H and O–H groups in total. The number of rotatable bonds is 5. The maximum absolute atomic E-state index is 3.63. The van der Waals surface area contributed by atoms with Crippen molar-refractivity contribution in [2.24, 2.45) is 0 Å². The molecule has 0 spiro atoms. The minimum absolute atomic E-state index is 0.375. The van der Waals surface area contributed by atoms with Crippen molar-refractivity contribution in [2.45, 2.75) is 19.4 Å². The van der Waals surface area contributed by atoms with Crippen LogP contribution in [0.25, 0.3) is 10.8 Å². The van der Waals surface area contributed by atoms with Gasteiger partial charge in [-0.3, -0.25) is 0 Å². The molecule has 102 valence electrons. The van der Waals surface area contributed by atoms with E-state index in [1.54, 1.807) is 11.3 Å². The molecule has 1 atom stereocenters. The summed E-state index contributed by atoms with van der Waals surface area (Å²) in [5, 5.41) is 10.7. The lowest BCUT2D eigenvalue weighted by Crippen LogP contribution is -2.21. The molecule has 2 aromatic carbocycles. The topological polar surface area (TPSA) is 12.0 Å². The Bertz CT molecular complexity index is 667. The number of benzene rings is 2. The van der Waals surface area contributed by atoms with Crippen molar-refractivity contribution in [2.75, 3.05) is 6.54 Å². The van der Waals surface area contributed by atoms with Crippen molar-refractivity contribution in [3.63, 3.8) is 0 Å². The Balaban J connectivity index is 1.70. The minimum Gasteiger partial charge on any atom is -0.310 e. The van der Waals surface area contributed by atoms with E-state index in [2.05, 4.69) is 71.5 Å². The van der Waals surface area contributed by atoms with Gasteiger partial charge >= 0.3 is 0 Å². The van der Waals surface area contributed by atoms with E-state index in [4.69, 9.17) is 0 Å². The molecule has 1 unspecified atom stereocenters. The number of hydrogen-bond donors (Lipinski definition) is 1. The standard InChI is InChI=1S/C18H19NS/c1-14(19-11-9-15-10-12-20-13-15)17-8-4-6-16-5-2-3-7-18(16)17/h2-8,10,12-14,19H,9,11H2,1H3. The molecule has 0 saturated heterocycles. The van der Waals surface area contributed by atoms with E-state index >= 15 is 0 Å². The fraction of sp³-hybridized carbons (Fsp3) is 0.222. The minimum atomic E-state index is 0.375. The Morgan fingerprint density at radius 3 is 2.75 bits per heavy atom. The molecule has 0 aliphatic heterocycles. The molecule has 2 heteroatoms. The molecule has 1 nitrogen and oxygen atoms in total. The van der Waals surface area contributed by atoms with Gasteiger partial charge in [-0.25, -0.2) is 0 Å². The van der Waals surface area contributed by atoms with Crippen LogP contribution in [0.4, 0.5) is 0 Å². The van der Waals surface area contributed by atoms with Crippen LogP contribution in [0.1, 0.15) is 24.1 Å². The second-order valence-electron chi connectivity index (χ2n) is 5.13. The quantitative estimate of drug-likeness (QED) is 0.708. The summed E-state index contributed by atoms with van der Waals surface area (Å²) < 4.78 is 0. The lowest BCUT2D eigenvalue weighted by molar-refractivity contribution is 0.580. The summed E-state index contributed by atoms with van der Waals surface area (Å²) in [7, 11) is 0. The summed E-state index contributed by atoms with van der Waals surface area (Å²) in [5.74, 6) is 0. The van der Waals surface area contributed by atoms with Crippen LogP contribution in [0.5, 0.6) is 0 Å². The molecular formula is C18H19NS. The SMILES string of the molecule is CC(NCCc1ccsc1)c1cccc2ccccc12. The van der Waals surface area contributed by atoms with Gasteiger partial charge in [0.15, 0.2) is 0 Å². The van der Waals surface area contributed by atoms with E-state index in [0.717, 1.165) is 13.0 Å². The van der Waals surface area contributed by atoms with Gasteiger partial charge < -0.3 is 5.32 Å². The van der Waals surface area contributed by atoms with Crippen LogP contribution >= 0.6 is 11.3 Å². The predicted octanol–water partition coefficient (Wildman–Crippen LogP) is 4.79. The lowest BCUT2D eigenvalue weighted by atomic mass is 9.99. The third-order valence-corrected chi connectivity index (χ3v) is 4.47. The largest absolute Gasteiger partial charge is 0.310 e. The summed E-state index contributed by atoms with van der Waals surface area (Å²) in [6, 6.07) is 17.7. The zero-order chi connectivity index (χ0) is 13.8. The van der Waals surface area contributed by atoms with Gasteiger partial charge in [0.2, 0.25) is 0 Å². The monoisotopic (exact) mass is 281 g/mol. The number of nitrogens with one attached hydrogen (secondary N) is 1. The van der Waals surface area contributed by atoms with Gasteiger partial charge in [0.05, 0.1) is 0 Å². The van der Waals surface area contributed by atoms with Crippen LogP contribution in [0.15, 0.2) is 59.3 Å². The van der Waals surface area contributed by atoms with Gasteiger partial charge in [-0.2, -0.15) is 11.3 Å². The summed E-state index contributed by atoms with van der Waals surface area (Å²) in [6.07, 6.45) is 1.10. The number of hydrogen-bond acceptors (Lipinski definition) is 2. The first-order valence-corrected chi connectivity index (χ1v) is 8.01. The highest BCUT2D eigenvalue weighted by molar-refractivity contribution is 7.07. The molecule has 1 aromatic heterocycles. The Kier molecular flexibility index (Phi) is 4.14. The van der Waals surface area contributed by atoms with Crippen LogP contribution in [0.3, 0.4) is 0 Å². The van der Waals surface area contributed by atoms with Crippen LogP contribution in [-0.2, 0) is 6.42 Å². The maximum Gasteiger partial charge on any atom is 0.0298 e. The zero-order valence-corrected chi connectivity index (χ0v) is 12.5. The molecule has 0 bridgehead atoms. The number of fused-ring (bicyclic) bond motifs is 1. The summed E-state index contributed by atoms with van der Waals surface area (Å²) in [6.45, 7) is 3.26. The van der Waals surface area contributed by atoms with Gasteiger partial charge in [0.25, 0.3) is 0 Å². The van der Waals surface area contributed by atoms with Crippen LogP contribution in [0.2, 0.25) is 0 Å². The van der Waals surface area contributed by atoms with Crippen LogP contribution in [-0.4, -0.2) is 6.54 Å². The zero-order valence-electron chi connectivity index (χ0n) is 11.7. The van der Waals surface area contributed by atoms with Crippen LogP contribution in [0, 0.1) is 0 Å². The van der Waals surface area contributed by atoms with Crippen molar-refractivity contribution >= 4 is 22.1 Å². The van der Waals surface area contributed by atoms with Crippen molar-refractivity contribution in [3.05, 3.63) is 70.4 Å². The average molecular weight is 281 g/mol. The van der Waals surface area contributed by atoms with Gasteiger partial charge in [0.1, 0.15) is 0 Å². The fourth-order valence-electron chi connectivity index (χ4n) is 2.61. The van der Waals surface area contributed by atoms with Gasteiger partial charge in [0, 0.05) is 6.04 Å². The molecule has 20 heavy (non-hydrogen) atoms. The van der Waals surface area contributed by atoms with E-state index in [0.29, 0.717) is 6.04 Å². The summed E-state index contributed by atoms with van der Waals surface area (Å²) >= 11 is 1.77. The Morgan fingerprint density at radius 2 is 1.90 bits per heavy atom. The van der Waals surface area contributed by atoms with Crippen LogP contribution < -0.4 is 5.32 Å². The van der Waals surface area contributed by atoms with Gasteiger partial charge in [-0.05, 0) is 58.6 Å². The molecule has 1 heterocycles. The highest BCUT2D eigenvalue weighted by atomic mass is 32.1. The smallest absolute Gasteiger partial charge is 0.0298 e.